The summed E-state index contributed by atoms with van der Waals surface area (Å²) in [4.78, 5) is 28.2. The van der Waals surface area contributed by atoms with Gasteiger partial charge in [0.1, 0.15) is 29.8 Å². The summed E-state index contributed by atoms with van der Waals surface area (Å²) in [7, 11) is 0. The van der Waals surface area contributed by atoms with E-state index < -0.39 is 0 Å². The molecule has 162 valence electrons. The number of esters is 1. The van der Waals surface area contributed by atoms with E-state index in [9.17, 15) is 14.0 Å². The fraction of sp³-hybridized carbons (Fsp3) is 0.227. The maximum Gasteiger partial charge on any atom is 0.306 e. The van der Waals surface area contributed by atoms with Crippen LogP contribution in [0.2, 0.25) is 5.02 Å². The van der Waals surface area contributed by atoms with Gasteiger partial charge in [-0.15, -0.1) is 11.3 Å². The Kier molecular flexibility index (Phi) is 8.37. The molecule has 1 aromatic heterocycles. The third-order valence-corrected chi connectivity index (χ3v) is 5.23. The van der Waals surface area contributed by atoms with Crippen molar-refractivity contribution >= 4 is 34.8 Å². The van der Waals surface area contributed by atoms with Gasteiger partial charge in [0.05, 0.1) is 5.69 Å². The lowest BCUT2D eigenvalue weighted by Crippen LogP contribution is -2.25. The molecule has 0 saturated carbocycles. The quantitative estimate of drug-likeness (QED) is 0.347. The number of benzene rings is 2. The zero-order chi connectivity index (χ0) is 22.1. The van der Waals surface area contributed by atoms with Crippen LogP contribution in [0.1, 0.15) is 33.9 Å². The fourth-order valence-electron chi connectivity index (χ4n) is 2.52. The molecule has 2 aromatic carbocycles. The summed E-state index contributed by atoms with van der Waals surface area (Å²) in [5.41, 5.74) is 1.14. The number of thiazole rings is 1. The topological polar surface area (TPSA) is 77.5 Å². The Bertz CT molecular complexity index is 1010. The first-order chi connectivity index (χ1) is 15.0. The largest absolute Gasteiger partial charge is 0.486 e. The maximum absolute atomic E-state index is 12.9. The third-order valence-electron chi connectivity index (χ3n) is 4.11. The summed E-state index contributed by atoms with van der Waals surface area (Å²) < 4.78 is 23.6. The van der Waals surface area contributed by atoms with Crippen molar-refractivity contribution in [1.82, 2.24) is 10.3 Å². The average molecular weight is 463 g/mol. The lowest BCUT2D eigenvalue weighted by atomic mass is 10.2. The van der Waals surface area contributed by atoms with Gasteiger partial charge in [-0.3, -0.25) is 9.59 Å². The van der Waals surface area contributed by atoms with E-state index in [1.54, 1.807) is 41.8 Å². The molecule has 6 nitrogen and oxygen atoms in total. The normalized spacial score (nSPS) is 10.5. The van der Waals surface area contributed by atoms with Crippen molar-refractivity contribution in [3.63, 3.8) is 0 Å². The van der Waals surface area contributed by atoms with Crippen molar-refractivity contribution in [2.24, 2.45) is 0 Å². The van der Waals surface area contributed by atoms with E-state index in [0.717, 1.165) is 5.01 Å². The Morgan fingerprint density at radius 3 is 2.55 bits per heavy atom. The fourth-order valence-corrected chi connectivity index (χ4v) is 3.34. The average Bonchev–Trinajstić information content (AvgIpc) is 3.23. The molecule has 0 radical (unpaired) electrons. The van der Waals surface area contributed by atoms with Gasteiger partial charge in [0.2, 0.25) is 0 Å². The molecule has 0 unspecified atom stereocenters. The SMILES string of the molecule is O=C(CCCNC(=O)c1ccc(Cl)cc1)OCc1csc(COc2ccc(F)cc2)n1. The van der Waals surface area contributed by atoms with Crippen molar-refractivity contribution in [2.45, 2.75) is 26.1 Å². The van der Waals surface area contributed by atoms with Crippen molar-refractivity contribution in [1.29, 1.82) is 0 Å². The molecule has 0 aliphatic heterocycles. The minimum Gasteiger partial charge on any atom is -0.486 e. The molecule has 0 bridgehead atoms. The van der Waals surface area contributed by atoms with Gasteiger partial charge < -0.3 is 14.8 Å². The molecular weight excluding hydrogens is 443 g/mol. The van der Waals surface area contributed by atoms with Crippen LogP contribution in [-0.4, -0.2) is 23.4 Å². The number of nitrogens with zero attached hydrogens (tertiary/aromatic N) is 1. The zero-order valence-corrected chi connectivity index (χ0v) is 18.0. The van der Waals surface area contributed by atoms with Crippen LogP contribution >= 0.6 is 22.9 Å². The highest BCUT2D eigenvalue weighted by Gasteiger charge is 2.09. The second-order valence-corrected chi connectivity index (χ2v) is 7.88. The van der Waals surface area contributed by atoms with E-state index in [1.165, 1.54) is 23.5 Å². The number of carbonyl (C=O) groups is 2. The van der Waals surface area contributed by atoms with Gasteiger partial charge in [-0.1, -0.05) is 11.6 Å². The van der Waals surface area contributed by atoms with Crippen LogP contribution in [-0.2, 0) is 22.7 Å². The number of amides is 1. The first kappa shape index (κ1) is 22.7. The maximum atomic E-state index is 12.9. The molecule has 0 fully saturated rings. The van der Waals surface area contributed by atoms with Crippen LogP contribution in [0, 0.1) is 5.82 Å². The van der Waals surface area contributed by atoms with E-state index in [2.05, 4.69) is 10.3 Å². The second-order valence-electron chi connectivity index (χ2n) is 6.50. The number of ether oxygens (including phenoxy) is 2. The Balaban J connectivity index is 1.31. The van der Waals surface area contributed by atoms with Gasteiger partial charge in [0, 0.05) is 28.9 Å². The lowest BCUT2D eigenvalue weighted by molar-refractivity contribution is -0.145. The van der Waals surface area contributed by atoms with E-state index in [0.29, 0.717) is 35.0 Å². The highest BCUT2D eigenvalue weighted by Crippen LogP contribution is 2.16. The Morgan fingerprint density at radius 2 is 1.81 bits per heavy atom. The van der Waals surface area contributed by atoms with Gasteiger partial charge in [0.15, 0.2) is 0 Å². The Hall–Kier alpha value is -2.97. The standard InChI is InChI=1S/C22H20ClFN2O4S/c23-16-5-3-15(4-6-16)22(28)25-11-1-2-21(27)30-12-18-14-31-20(26-18)13-29-19-9-7-17(24)8-10-19/h3-10,14H,1-2,11-13H2,(H,25,28). The van der Waals surface area contributed by atoms with Crippen LogP contribution in [0.4, 0.5) is 4.39 Å². The monoisotopic (exact) mass is 462 g/mol. The van der Waals surface area contributed by atoms with Gasteiger partial charge in [0.25, 0.3) is 5.91 Å². The molecule has 1 amide bonds. The van der Waals surface area contributed by atoms with Gasteiger partial charge in [-0.25, -0.2) is 9.37 Å². The third kappa shape index (κ3) is 7.66. The minimum absolute atomic E-state index is 0.0724. The molecule has 9 heteroatoms. The van der Waals surface area contributed by atoms with Crippen molar-refractivity contribution in [3.8, 4) is 5.75 Å². The van der Waals surface area contributed by atoms with Crippen LogP contribution in [0.3, 0.4) is 0 Å². The molecule has 31 heavy (non-hydrogen) atoms. The number of halogens is 2. The number of aromatic nitrogens is 1. The van der Waals surface area contributed by atoms with Crippen molar-refractivity contribution in [3.05, 3.63) is 81.0 Å². The van der Waals surface area contributed by atoms with Crippen molar-refractivity contribution in [2.75, 3.05) is 6.54 Å². The summed E-state index contributed by atoms with van der Waals surface area (Å²) in [5.74, 6) is -0.358. The first-order valence-electron chi connectivity index (χ1n) is 9.50. The molecular formula is C22H20ClFN2O4S. The second kappa shape index (κ2) is 11.4. The molecule has 3 aromatic rings. The van der Waals surface area contributed by atoms with Crippen molar-refractivity contribution < 1.29 is 23.5 Å². The number of nitrogens with one attached hydrogen (secondary N) is 1. The smallest absolute Gasteiger partial charge is 0.306 e. The lowest BCUT2D eigenvalue weighted by Gasteiger charge is -2.06. The number of hydrogen-bond donors (Lipinski definition) is 1. The van der Waals surface area contributed by atoms with E-state index >= 15 is 0 Å². The van der Waals surface area contributed by atoms with Gasteiger partial charge >= 0.3 is 5.97 Å². The minimum atomic E-state index is -0.363. The van der Waals surface area contributed by atoms with Crippen LogP contribution < -0.4 is 10.1 Å². The van der Waals surface area contributed by atoms with Crippen LogP contribution in [0.5, 0.6) is 5.75 Å². The van der Waals surface area contributed by atoms with Gasteiger partial charge in [-0.05, 0) is 55.0 Å². The highest BCUT2D eigenvalue weighted by molar-refractivity contribution is 7.09. The summed E-state index contributed by atoms with van der Waals surface area (Å²) in [6, 6.07) is 12.3. The van der Waals surface area contributed by atoms with E-state index in [1.807, 2.05) is 0 Å². The predicted octanol–water partition coefficient (Wildman–Crippen LogP) is 4.77. The molecule has 1 heterocycles. The molecule has 0 spiro atoms. The summed E-state index contributed by atoms with van der Waals surface area (Å²) in [6.07, 6.45) is 0.650. The Labute approximate surface area is 188 Å². The summed E-state index contributed by atoms with van der Waals surface area (Å²) in [6.45, 7) is 0.679. The number of rotatable bonds is 10. The van der Waals surface area contributed by atoms with E-state index in [4.69, 9.17) is 21.1 Å². The zero-order valence-electron chi connectivity index (χ0n) is 16.5. The molecule has 3 rings (SSSR count). The van der Waals surface area contributed by atoms with E-state index in [-0.39, 0.29) is 37.3 Å². The molecule has 0 aliphatic rings. The number of carbonyl (C=O) groups excluding carboxylic acids is 2. The molecule has 0 aliphatic carbocycles. The van der Waals surface area contributed by atoms with Crippen LogP contribution in [0.25, 0.3) is 0 Å². The highest BCUT2D eigenvalue weighted by atomic mass is 35.5. The summed E-state index contributed by atoms with van der Waals surface area (Å²) >= 11 is 7.18. The number of hydrogen-bond acceptors (Lipinski definition) is 6. The summed E-state index contributed by atoms with van der Waals surface area (Å²) in [5, 5.41) is 5.83. The Morgan fingerprint density at radius 1 is 1.06 bits per heavy atom. The van der Waals surface area contributed by atoms with Crippen LogP contribution in [0.15, 0.2) is 53.9 Å². The predicted molar refractivity (Wildman–Crippen MR) is 116 cm³/mol. The molecule has 1 N–H and O–H groups in total. The molecule has 0 saturated heterocycles. The van der Waals surface area contributed by atoms with Gasteiger partial charge in [-0.2, -0.15) is 0 Å². The first-order valence-corrected chi connectivity index (χ1v) is 10.8. The molecule has 0 atom stereocenters.